The molecule has 2 amide bonds. The van der Waals surface area contributed by atoms with E-state index in [1.54, 1.807) is 0 Å². The Morgan fingerprint density at radius 3 is 2.59 bits per heavy atom. The summed E-state index contributed by atoms with van der Waals surface area (Å²) in [4.78, 5) is 38.9. The number of nitrogens with one attached hydrogen (secondary N) is 1. The van der Waals surface area contributed by atoms with Gasteiger partial charge in [-0.05, 0) is 50.0 Å². The van der Waals surface area contributed by atoms with Crippen LogP contribution in [0.5, 0.6) is 5.75 Å². The Bertz CT molecular complexity index is 1120. The number of benzene rings is 2. The second kappa shape index (κ2) is 13.3. The third kappa shape index (κ3) is 7.57. The van der Waals surface area contributed by atoms with E-state index in [9.17, 15) is 14.4 Å². The number of hydrogen-bond donors (Lipinski definition) is 2. The van der Waals surface area contributed by atoms with E-state index >= 15 is 0 Å². The molecular weight excluding hydrogens is 468 g/mol. The molecule has 2 aromatic rings. The summed E-state index contributed by atoms with van der Waals surface area (Å²) in [6.07, 6.45) is 10.0. The van der Waals surface area contributed by atoms with Crippen LogP contribution in [0.4, 0.5) is 0 Å². The Balaban J connectivity index is 1.37. The molecule has 1 heterocycles. The Hall–Kier alpha value is -3.35. The number of carboxylic acid groups (broad SMARTS) is 1. The Morgan fingerprint density at radius 2 is 1.78 bits per heavy atom. The summed E-state index contributed by atoms with van der Waals surface area (Å²) in [5.41, 5.74) is 0.528. The van der Waals surface area contributed by atoms with Crippen LogP contribution < -0.4 is 10.1 Å². The van der Waals surface area contributed by atoms with Crippen molar-refractivity contribution in [3.63, 3.8) is 0 Å². The zero-order chi connectivity index (χ0) is 26.0. The predicted octanol–water partition coefficient (Wildman–Crippen LogP) is 5.09. The van der Waals surface area contributed by atoms with E-state index in [4.69, 9.17) is 9.84 Å². The zero-order valence-corrected chi connectivity index (χ0v) is 21.5. The van der Waals surface area contributed by atoms with Crippen molar-refractivity contribution in [3.05, 3.63) is 54.1 Å². The van der Waals surface area contributed by atoms with Crippen LogP contribution >= 0.6 is 0 Å². The highest BCUT2D eigenvalue weighted by Gasteiger charge is 2.32. The van der Waals surface area contributed by atoms with E-state index in [-0.39, 0.29) is 36.8 Å². The molecule has 2 aliphatic rings. The molecule has 2 fully saturated rings. The fraction of sp³-hybridized carbons (Fsp3) is 0.500. The fourth-order valence-electron chi connectivity index (χ4n) is 5.36. The summed E-state index contributed by atoms with van der Waals surface area (Å²) in [5, 5.41) is 14.1. The van der Waals surface area contributed by atoms with Crippen molar-refractivity contribution in [1.82, 2.24) is 10.2 Å². The number of unbranched alkanes of at least 4 members (excludes halogenated alkanes) is 2. The number of nitrogens with zero attached hydrogens (tertiary/aromatic N) is 1. The molecule has 198 valence electrons. The third-order valence-electron chi connectivity index (χ3n) is 7.45. The van der Waals surface area contributed by atoms with Gasteiger partial charge in [0.05, 0.1) is 5.57 Å². The topological polar surface area (TPSA) is 95.9 Å². The monoisotopic (exact) mass is 506 g/mol. The number of hydrogen-bond acceptors (Lipinski definition) is 4. The van der Waals surface area contributed by atoms with Gasteiger partial charge in [-0.25, -0.2) is 0 Å². The predicted molar refractivity (Wildman–Crippen MR) is 143 cm³/mol. The molecule has 1 saturated heterocycles. The van der Waals surface area contributed by atoms with Gasteiger partial charge in [0.15, 0.2) is 0 Å². The lowest BCUT2D eigenvalue weighted by atomic mass is 9.88. The molecule has 2 aromatic carbocycles. The summed E-state index contributed by atoms with van der Waals surface area (Å²) in [5.74, 6) is 0.0986. The summed E-state index contributed by atoms with van der Waals surface area (Å²) in [6.45, 7) is 1.36. The van der Waals surface area contributed by atoms with Crippen LogP contribution in [0.25, 0.3) is 10.8 Å². The second-order valence-electron chi connectivity index (χ2n) is 10.2. The molecule has 2 N–H and O–H groups in total. The first-order chi connectivity index (χ1) is 18.0. The minimum absolute atomic E-state index is 0.0759. The van der Waals surface area contributed by atoms with Gasteiger partial charge in [-0.1, -0.05) is 61.7 Å². The van der Waals surface area contributed by atoms with E-state index in [1.807, 2.05) is 53.4 Å². The first-order valence-corrected chi connectivity index (χ1v) is 13.6. The maximum atomic E-state index is 13.3. The largest absolute Gasteiger partial charge is 0.488 e. The number of amides is 2. The van der Waals surface area contributed by atoms with Gasteiger partial charge in [0.1, 0.15) is 12.4 Å². The highest BCUT2D eigenvalue weighted by Crippen LogP contribution is 2.27. The summed E-state index contributed by atoms with van der Waals surface area (Å²) in [7, 11) is 0. The van der Waals surface area contributed by atoms with Crippen molar-refractivity contribution in [2.75, 3.05) is 19.7 Å². The molecule has 7 nitrogen and oxygen atoms in total. The van der Waals surface area contributed by atoms with Crippen LogP contribution in [-0.2, 0) is 14.4 Å². The van der Waals surface area contributed by atoms with Gasteiger partial charge in [-0.3, -0.25) is 14.4 Å². The number of carboxylic acids is 1. The number of carbonyl (C=O) groups is 3. The van der Waals surface area contributed by atoms with Crippen molar-refractivity contribution >= 4 is 28.6 Å². The van der Waals surface area contributed by atoms with Crippen LogP contribution in [0.15, 0.2) is 54.1 Å². The molecule has 1 atom stereocenters. The Kier molecular flexibility index (Phi) is 9.58. The smallest absolute Gasteiger partial charge is 0.303 e. The highest BCUT2D eigenvalue weighted by molar-refractivity contribution is 5.94. The van der Waals surface area contributed by atoms with Gasteiger partial charge in [-0.15, -0.1) is 0 Å². The number of aliphatic carboxylic acids is 1. The zero-order valence-electron chi connectivity index (χ0n) is 21.5. The summed E-state index contributed by atoms with van der Waals surface area (Å²) < 4.78 is 6.11. The second-order valence-corrected chi connectivity index (χ2v) is 10.2. The SMILES string of the molecule is O=C(O)CCCCC=C(COc1cccc2ccccc12)C(=O)NC1CCN(C(=O)C2CCCCC2)C1. The van der Waals surface area contributed by atoms with E-state index in [0.717, 1.165) is 42.9 Å². The van der Waals surface area contributed by atoms with Crippen molar-refractivity contribution in [2.45, 2.75) is 70.3 Å². The normalized spacial score (nSPS) is 18.6. The lowest BCUT2D eigenvalue weighted by molar-refractivity contribution is -0.137. The van der Waals surface area contributed by atoms with Crippen LogP contribution in [0.2, 0.25) is 0 Å². The van der Waals surface area contributed by atoms with Gasteiger partial charge >= 0.3 is 5.97 Å². The summed E-state index contributed by atoms with van der Waals surface area (Å²) >= 11 is 0. The van der Waals surface area contributed by atoms with Crippen molar-refractivity contribution in [2.24, 2.45) is 5.92 Å². The molecule has 1 aliphatic carbocycles. The minimum Gasteiger partial charge on any atom is -0.488 e. The number of carbonyl (C=O) groups excluding carboxylic acids is 2. The fourth-order valence-corrected chi connectivity index (χ4v) is 5.36. The number of rotatable bonds is 11. The number of allylic oxidation sites excluding steroid dienone is 1. The minimum atomic E-state index is -0.810. The van der Waals surface area contributed by atoms with Gasteiger partial charge in [0.25, 0.3) is 5.91 Å². The quantitative estimate of drug-likeness (QED) is 0.327. The molecular formula is C30H38N2O5. The lowest BCUT2D eigenvalue weighted by Gasteiger charge is -2.26. The first kappa shape index (κ1) is 26.7. The standard InChI is InChI=1S/C30H38N2O5/c33-28(34)17-6-2-5-13-24(21-37-27-16-9-14-22-10-7-8-15-26(22)27)29(35)31-25-18-19-32(20-25)30(36)23-11-3-1-4-12-23/h7-10,13-16,23,25H,1-6,11-12,17-21H2,(H,31,35)(H,33,34). The average Bonchev–Trinajstić information content (AvgIpc) is 3.38. The maximum absolute atomic E-state index is 13.3. The molecule has 0 radical (unpaired) electrons. The van der Waals surface area contributed by atoms with Gasteiger partial charge in [0, 0.05) is 36.9 Å². The molecule has 1 aliphatic heterocycles. The molecule has 0 aromatic heterocycles. The van der Waals surface area contributed by atoms with Crippen LogP contribution in [-0.4, -0.2) is 53.5 Å². The van der Waals surface area contributed by atoms with Crippen molar-refractivity contribution < 1.29 is 24.2 Å². The van der Waals surface area contributed by atoms with E-state index in [1.165, 1.54) is 6.42 Å². The van der Waals surface area contributed by atoms with Crippen LogP contribution in [0.3, 0.4) is 0 Å². The highest BCUT2D eigenvalue weighted by atomic mass is 16.5. The molecule has 1 unspecified atom stereocenters. The number of fused-ring (bicyclic) bond motifs is 1. The Morgan fingerprint density at radius 1 is 1.00 bits per heavy atom. The van der Waals surface area contributed by atoms with Crippen LogP contribution in [0.1, 0.15) is 64.2 Å². The molecule has 4 rings (SSSR count). The first-order valence-electron chi connectivity index (χ1n) is 13.6. The maximum Gasteiger partial charge on any atom is 0.303 e. The lowest BCUT2D eigenvalue weighted by Crippen LogP contribution is -2.41. The number of ether oxygens (including phenoxy) is 1. The van der Waals surface area contributed by atoms with E-state index < -0.39 is 5.97 Å². The van der Waals surface area contributed by atoms with E-state index in [2.05, 4.69) is 5.32 Å². The molecule has 7 heteroatoms. The van der Waals surface area contributed by atoms with Crippen molar-refractivity contribution in [1.29, 1.82) is 0 Å². The Labute approximate surface area is 218 Å². The van der Waals surface area contributed by atoms with Crippen molar-refractivity contribution in [3.8, 4) is 5.75 Å². The number of likely N-dealkylation sites (tertiary alicyclic amines) is 1. The van der Waals surface area contributed by atoms with Crippen LogP contribution in [0, 0.1) is 5.92 Å². The molecule has 0 bridgehead atoms. The van der Waals surface area contributed by atoms with E-state index in [0.29, 0.717) is 43.7 Å². The molecule has 0 spiro atoms. The van der Waals surface area contributed by atoms with Gasteiger partial charge in [0.2, 0.25) is 5.91 Å². The van der Waals surface area contributed by atoms with Gasteiger partial charge < -0.3 is 20.1 Å². The average molecular weight is 507 g/mol. The molecule has 1 saturated carbocycles. The summed E-state index contributed by atoms with van der Waals surface area (Å²) in [6, 6.07) is 13.7. The third-order valence-corrected chi connectivity index (χ3v) is 7.45. The van der Waals surface area contributed by atoms with Gasteiger partial charge in [-0.2, -0.15) is 0 Å². The molecule has 37 heavy (non-hydrogen) atoms.